The topological polar surface area (TPSA) is 49.6 Å². The minimum atomic E-state index is -0.374. The Balaban J connectivity index is 0.00000225. The van der Waals surface area contributed by atoms with Gasteiger partial charge in [-0.2, -0.15) is 0 Å². The number of carbonyl (C=O) groups excluding carboxylic acids is 1. The molecule has 0 aromatic rings. The van der Waals surface area contributed by atoms with E-state index in [9.17, 15) is 4.79 Å². The van der Waals surface area contributed by atoms with Crippen LogP contribution in [-0.4, -0.2) is 55.5 Å². The number of amides is 1. The molecule has 0 aromatic carbocycles. The largest absolute Gasteiger partial charge is 0.344 e. The first-order chi connectivity index (χ1) is 7.00. The van der Waals surface area contributed by atoms with Crippen molar-refractivity contribution in [3.05, 3.63) is 0 Å². The van der Waals surface area contributed by atoms with Crippen molar-refractivity contribution in [3.63, 3.8) is 0 Å². The van der Waals surface area contributed by atoms with Crippen molar-refractivity contribution in [1.82, 2.24) is 9.80 Å². The molecule has 1 aliphatic heterocycles. The van der Waals surface area contributed by atoms with Crippen LogP contribution in [0.4, 0.5) is 0 Å². The van der Waals surface area contributed by atoms with Gasteiger partial charge in [0.15, 0.2) is 0 Å². The summed E-state index contributed by atoms with van der Waals surface area (Å²) in [5, 5.41) is 0. The molecule has 2 N–H and O–H groups in total. The number of hydrogen-bond donors (Lipinski definition) is 1. The average Bonchev–Trinajstić information content (AvgIpc) is 2.20. The maximum absolute atomic E-state index is 11.6. The third-order valence-electron chi connectivity index (χ3n) is 3.14. The quantitative estimate of drug-likeness (QED) is 0.795. The third-order valence-corrected chi connectivity index (χ3v) is 3.14. The molecule has 96 valence electrons. The van der Waals surface area contributed by atoms with E-state index in [1.54, 1.807) is 11.8 Å². The lowest BCUT2D eigenvalue weighted by Gasteiger charge is -2.32. The van der Waals surface area contributed by atoms with Gasteiger partial charge in [0.25, 0.3) is 0 Å². The zero-order valence-corrected chi connectivity index (χ0v) is 11.3. The molecule has 1 fully saturated rings. The number of piperidine rings is 1. The Morgan fingerprint density at radius 2 is 2.00 bits per heavy atom. The Kier molecular flexibility index (Phi) is 6.95. The van der Waals surface area contributed by atoms with Crippen LogP contribution < -0.4 is 5.73 Å². The highest BCUT2D eigenvalue weighted by Crippen LogP contribution is 2.16. The number of nitrogens with two attached hydrogens (primary N) is 1. The molecular formula is C11H24ClN3O. The van der Waals surface area contributed by atoms with Crippen LogP contribution in [0.15, 0.2) is 0 Å². The highest BCUT2D eigenvalue weighted by atomic mass is 35.5. The molecule has 1 amide bonds. The van der Waals surface area contributed by atoms with Gasteiger partial charge in [-0.05, 0) is 45.8 Å². The van der Waals surface area contributed by atoms with E-state index in [0.29, 0.717) is 5.92 Å². The van der Waals surface area contributed by atoms with Gasteiger partial charge in [-0.15, -0.1) is 12.4 Å². The molecule has 5 heteroatoms. The highest BCUT2D eigenvalue weighted by Gasteiger charge is 2.21. The summed E-state index contributed by atoms with van der Waals surface area (Å²) in [4.78, 5) is 15.7. The van der Waals surface area contributed by atoms with Crippen molar-refractivity contribution in [2.24, 2.45) is 11.7 Å². The summed E-state index contributed by atoms with van der Waals surface area (Å²) in [7, 11) is 4.00. The van der Waals surface area contributed by atoms with E-state index in [1.807, 2.05) is 7.05 Å². The average molecular weight is 250 g/mol. The van der Waals surface area contributed by atoms with Crippen LogP contribution >= 0.6 is 12.4 Å². The first-order valence-corrected chi connectivity index (χ1v) is 5.69. The van der Waals surface area contributed by atoms with Crippen LogP contribution in [0.25, 0.3) is 0 Å². The van der Waals surface area contributed by atoms with Crippen molar-refractivity contribution in [1.29, 1.82) is 0 Å². The Morgan fingerprint density at radius 3 is 2.44 bits per heavy atom. The van der Waals surface area contributed by atoms with Crippen molar-refractivity contribution in [3.8, 4) is 0 Å². The number of likely N-dealkylation sites (tertiary alicyclic amines) is 1. The van der Waals surface area contributed by atoms with E-state index in [0.717, 1.165) is 19.6 Å². The van der Waals surface area contributed by atoms with E-state index in [1.165, 1.54) is 12.8 Å². The lowest BCUT2D eigenvalue weighted by Crippen LogP contribution is -2.43. The monoisotopic (exact) mass is 249 g/mol. The molecule has 0 aliphatic carbocycles. The van der Waals surface area contributed by atoms with Gasteiger partial charge < -0.3 is 15.5 Å². The van der Waals surface area contributed by atoms with E-state index >= 15 is 0 Å². The fraction of sp³-hybridized carbons (Fsp3) is 0.909. The van der Waals surface area contributed by atoms with Crippen LogP contribution in [0.3, 0.4) is 0 Å². The van der Waals surface area contributed by atoms with Gasteiger partial charge in [0.2, 0.25) is 5.91 Å². The molecule has 1 atom stereocenters. The fourth-order valence-corrected chi connectivity index (χ4v) is 2.07. The van der Waals surface area contributed by atoms with Crippen molar-refractivity contribution < 1.29 is 4.79 Å². The third kappa shape index (κ3) is 4.68. The van der Waals surface area contributed by atoms with Crippen molar-refractivity contribution >= 4 is 18.3 Å². The summed E-state index contributed by atoms with van der Waals surface area (Å²) in [6.45, 7) is 4.89. The second-order valence-electron chi connectivity index (χ2n) is 4.75. The molecule has 0 radical (unpaired) electrons. The van der Waals surface area contributed by atoms with Gasteiger partial charge >= 0.3 is 0 Å². The van der Waals surface area contributed by atoms with Crippen molar-refractivity contribution in [2.75, 3.05) is 33.7 Å². The summed E-state index contributed by atoms with van der Waals surface area (Å²) < 4.78 is 0. The molecule has 0 spiro atoms. The summed E-state index contributed by atoms with van der Waals surface area (Å²) in [6.07, 6.45) is 2.38. The second-order valence-corrected chi connectivity index (χ2v) is 4.75. The van der Waals surface area contributed by atoms with E-state index < -0.39 is 0 Å². The summed E-state index contributed by atoms with van der Waals surface area (Å²) in [5.41, 5.74) is 5.56. The number of rotatable bonds is 3. The van der Waals surface area contributed by atoms with E-state index in [-0.39, 0.29) is 24.4 Å². The predicted octanol–water partition coefficient (Wildman–Crippen LogP) is 0.556. The highest BCUT2D eigenvalue weighted by molar-refractivity contribution is 5.85. The first kappa shape index (κ1) is 15.7. The summed E-state index contributed by atoms with van der Waals surface area (Å²) in [6, 6.07) is -0.374. The summed E-state index contributed by atoms with van der Waals surface area (Å²) >= 11 is 0. The van der Waals surface area contributed by atoms with Crippen LogP contribution in [0.2, 0.25) is 0 Å². The van der Waals surface area contributed by atoms with Gasteiger partial charge in [0, 0.05) is 13.6 Å². The molecule has 1 aliphatic rings. The first-order valence-electron chi connectivity index (χ1n) is 5.69. The van der Waals surface area contributed by atoms with Crippen molar-refractivity contribution in [2.45, 2.75) is 25.8 Å². The predicted molar refractivity (Wildman–Crippen MR) is 68.8 cm³/mol. The number of halogens is 1. The SMILES string of the molecule is CC(N)C(=O)N(C)CC1CCN(C)CC1.Cl. The standard InChI is InChI=1S/C11H23N3O.ClH/c1-9(12)11(15)14(3)8-10-4-6-13(2)7-5-10;/h9-10H,4-8,12H2,1-3H3;1H. The number of likely N-dealkylation sites (N-methyl/N-ethyl adjacent to an activating group) is 1. The molecule has 4 nitrogen and oxygen atoms in total. The number of carbonyl (C=O) groups is 1. The smallest absolute Gasteiger partial charge is 0.238 e. The molecule has 0 saturated carbocycles. The molecule has 1 heterocycles. The van der Waals surface area contributed by atoms with Gasteiger partial charge in [0.05, 0.1) is 6.04 Å². The van der Waals surface area contributed by atoms with Gasteiger partial charge in [-0.3, -0.25) is 4.79 Å². The molecule has 1 unspecified atom stereocenters. The Hall–Kier alpha value is -0.320. The van der Waals surface area contributed by atoms with Crippen LogP contribution in [0, 0.1) is 5.92 Å². The Morgan fingerprint density at radius 1 is 1.50 bits per heavy atom. The molecule has 0 aromatic heterocycles. The minimum Gasteiger partial charge on any atom is -0.344 e. The van der Waals surface area contributed by atoms with Crippen LogP contribution in [0.5, 0.6) is 0 Å². The zero-order valence-electron chi connectivity index (χ0n) is 10.5. The maximum Gasteiger partial charge on any atom is 0.238 e. The Labute approximate surface area is 105 Å². The van der Waals surface area contributed by atoms with Crippen LogP contribution in [0.1, 0.15) is 19.8 Å². The van der Waals surface area contributed by atoms with E-state index in [4.69, 9.17) is 5.73 Å². The number of nitrogens with zero attached hydrogens (tertiary/aromatic N) is 2. The molecule has 1 rings (SSSR count). The molecule has 0 bridgehead atoms. The molecule has 16 heavy (non-hydrogen) atoms. The Bertz CT molecular complexity index is 215. The van der Waals surface area contributed by atoms with E-state index in [2.05, 4.69) is 11.9 Å². The molecule has 1 saturated heterocycles. The lowest BCUT2D eigenvalue weighted by molar-refractivity contribution is -0.131. The normalized spacial score (nSPS) is 20.0. The number of hydrogen-bond acceptors (Lipinski definition) is 3. The lowest BCUT2D eigenvalue weighted by atomic mass is 9.96. The molecular weight excluding hydrogens is 226 g/mol. The minimum absolute atomic E-state index is 0. The van der Waals surface area contributed by atoms with Gasteiger partial charge in [-0.1, -0.05) is 0 Å². The fourth-order valence-electron chi connectivity index (χ4n) is 2.07. The summed E-state index contributed by atoms with van der Waals surface area (Å²) in [5.74, 6) is 0.697. The van der Waals surface area contributed by atoms with Gasteiger partial charge in [-0.25, -0.2) is 0 Å². The zero-order chi connectivity index (χ0) is 11.4. The second kappa shape index (κ2) is 7.09. The van der Waals surface area contributed by atoms with Crippen LogP contribution in [-0.2, 0) is 4.79 Å². The van der Waals surface area contributed by atoms with Gasteiger partial charge in [0.1, 0.15) is 0 Å². The maximum atomic E-state index is 11.6.